The van der Waals surface area contributed by atoms with E-state index in [1.165, 1.54) is 19.3 Å². The molecule has 2 rings (SSSR count). The molecular formula is C8H15N. The van der Waals surface area contributed by atoms with Crippen LogP contribution in [-0.2, 0) is 0 Å². The molecule has 1 nitrogen and oxygen atoms in total. The fraction of sp³-hybridized carbons (Fsp3) is 1.00. The van der Waals surface area contributed by atoms with Gasteiger partial charge in [0.1, 0.15) is 0 Å². The van der Waals surface area contributed by atoms with Crippen molar-refractivity contribution in [3.8, 4) is 0 Å². The molecule has 0 radical (unpaired) electrons. The van der Waals surface area contributed by atoms with Crippen LogP contribution < -0.4 is 5.73 Å². The first-order valence-corrected chi connectivity index (χ1v) is 3.86. The molecule has 2 saturated carbocycles. The predicted molar refractivity (Wildman–Crippen MR) is 38.0 cm³/mol. The van der Waals surface area contributed by atoms with Gasteiger partial charge in [-0.15, -0.1) is 0 Å². The molecule has 0 aliphatic heterocycles. The van der Waals surface area contributed by atoms with Crippen LogP contribution in [0, 0.1) is 10.8 Å². The summed E-state index contributed by atoms with van der Waals surface area (Å²) in [4.78, 5) is 0. The van der Waals surface area contributed by atoms with Gasteiger partial charge < -0.3 is 5.73 Å². The third kappa shape index (κ3) is 0.493. The summed E-state index contributed by atoms with van der Waals surface area (Å²) < 4.78 is 0. The van der Waals surface area contributed by atoms with Gasteiger partial charge in [0.25, 0.3) is 0 Å². The highest BCUT2D eigenvalue weighted by atomic mass is 14.8. The number of rotatable bonds is 1. The molecule has 1 spiro atoms. The van der Waals surface area contributed by atoms with E-state index in [9.17, 15) is 0 Å². The lowest BCUT2D eigenvalue weighted by Crippen LogP contribution is -2.27. The largest absolute Gasteiger partial charge is 0.327 e. The van der Waals surface area contributed by atoms with Crippen LogP contribution >= 0.6 is 0 Å². The Hall–Kier alpha value is -0.0400. The molecule has 0 aromatic carbocycles. The van der Waals surface area contributed by atoms with Gasteiger partial charge in [0.15, 0.2) is 0 Å². The Morgan fingerprint density at radius 2 is 2.00 bits per heavy atom. The highest BCUT2D eigenvalue weighted by Crippen LogP contribution is 2.79. The molecule has 2 aliphatic carbocycles. The quantitative estimate of drug-likeness (QED) is 0.565. The van der Waals surface area contributed by atoms with Gasteiger partial charge in [-0.2, -0.15) is 0 Å². The predicted octanol–water partition coefficient (Wildman–Crippen LogP) is 1.52. The second kappa shape index (κ2) is 1.20. The number of hydrogen-bond acceptors (Lipinski definition) is 1. The first-order chi connectivity index (χ1) is 4.11. The Morgan fingerprint density at radius 1 is 1.44 bits per heavy atom. The fourth-order valence-electron chi connectivity index (χ4n) is 2.20. The third-order valence-corrected chi connectivity index (χ3v) is 3.65. The number of hydrogen-bond donors (Lipinski definition) is 1. The molecule has 2 N–H and O–H groups in total. The normalized spacial score (nSPS) is 47.0. The summed E-state index contributed by atoms with van der Waals surface area (Å²) in [6.07, 6.45) is 4.30. The van der Waals surface area contributed by atoms with Gasteiger partial charge >= 0.3 is 0 Å². The van der Waals surface area contributed by atoms with E-state index in [1.807, 2.05) is 0 Å². The molecule has 0 aromatic heterocycles. The van der Waals surface area contributed by atoms with E-state index < -0.39 is 0 Å². The summed E-state index contributed by atoms with van der Waals surface area (Å²) >= 11 is 0. The van der Waals surface area contributed by atoms with Gasteiger partial charge in [-0.1, -0.05) is 6.92 Å². The van der Waals surface area contributed by atoms with Crippen LogP contribution in [0.4, 0.5) is 0 Å². The first kappa shape index (κ1) is 5.72. The van der Waals surface area contributed by atoms with Crippen molar-refractivity contribution >= 4 is 0 Å². The molecular weight excluding hydrogens is 110 g/mol. The van der Waals surface area contributed by atoms with Crippen molar-refractivity contribution in [1.29, 1.82) is 0 Å². The SMILES string of the molecule is CC(N)C1(C)CC12CC2. The minimum Gasteiger partial charge on any atom is -0.327 e. The first-order valence-electron chi connectivity index (χ1n) is 3.86. The van der Waals surface area contributed by atoms with Crippen LogP contribution in [0.3, 0.4) is 0 Å². The highest BCUT2D eigenvalue weighted by molar-refractivity contribution is 5.22. The zero-order valence-corrected chi connectivity index (χ0v) is 6.28. The molecule has 9 heavy (non-hydrogen) atoms. The Balaban J connectivity index is 2.12. The molecule has 0 heterocycles. The van der Waals surface area contributed by atoms with E-state index in [4.69, 9.17) is 5.73 Å². The minimum absolute atomic E-state index is 0.417. The maximum Gasteiger partial charge on any atom is 0.00699 e. The zero-order valence-electron chi connectivity index (χ0n) is 6.28. The second-order valence-electron chi connectivity index (χ2n) is 4.16. The van der Waals surface area contributed by atoms with Gasteiger partial charge in [-0.3, -0.25) is 0 Å². The molecule has 2 aliphatic rings. The van der Waals surface area contributed by atoms with Crippen LogP contribution in [0.1, 0.15) is 33.1 Å². The van der Waals surface area contributed by atoms with E-state index in [0.717, 1.165) is 5.41 Å². The summed E-state index contributed by atoms with van der Waals surface area (Å²) in [7, 11) is 0. The lowest BCUT2D eigenvalue weighted by molar-refractivity contribution is 0.410. The van der Waals surface area contributed by atoms with Crippen molar-refractivity contribution in [2.24, 2.45) is 16.6 Å². The van der Waals surface area contributed by atoms with Gasteiger partial charge in [-0.05, 0) is 37.0 Å². The van der Waals surface area contributed by atoms with Crippen molar-refractivity contribution in [1.82, 2.24) is 0 Å². The average molecular weight is 125 g/mol. The second-order valence-corrected chi connectivity index (χ2v) is 4.16. The average Bonchev–Trinajstić information content (AvgIpc) is 2.56. The Morgan fingerprint density at radius 3 is 2.11 bits per heavy atom. The van der Waals surface area contributed by atoms with Crippen LogP contribution in [0.25, 0.3) is 0 Å². The van der Waals surface area contributed by atoms with Gasteiger partial charge in [0, 0.05) is 6.04 Å². The monoisotopic (exact) mass is 125 g/mol. The van der Waals surface area contributed by atoms with Gasteiger partial charge in [0.2, 0.25) is 0 Å². The Kier molecular flexibility index (Phi) is 0.760. The lowest BCUT2D eigenvalue weighted by Gasteiger charge is -2.14. The van der Waals surface area contributed by atoms with Crippen LogP contribution in [0.5, 0.6) is 0 Å². The fourth-order valence-corrected chi connectivity index (χ4v) is 2.20. The Labute approximate surface area is 56.6 Å². The van der Waals surface area contributed by atoms with E-state index >= 15 is 0 Å². The molecule has 2 atom stereocenters. The lowest BCUT2D eigenvalue weighted by atomic mass is 9.97. The maximum atomic E-state index is 5.85. The van der Waals surface area contributed by atoms with Gasteiger partial charge in [0.05, 0.1) is 0 Å². The standard InChI is InChI=1S/C8H15N/c1-6(9)7(2)5-8(7)3-4-8/h6H,3-5,9H2,1-2H3. The molecule has 0 saturated heterocycles. The Bertz CT molecular complexity index is 147. The molecule has 0 bridgehead atoms. The highest BCUT2D eigenvalue weighted by Gasteiger charge is 2.72. The van der Waals surface area contributed by atoms with Crippen LogP contribution in [0.2, 0.25) is 0 Å². The van der Waals surface area contributed by atoms with Crippen molar-refractivity contribution in [2.75, 3.05) is 0 Å². The summed E-state index contributed by atoms with van der Waals surface area (Å²) in [5, 5.41) is 0. The molecule has 0 amide bonds. The molecule has 0 aromatic rings. The minimum atomic E-state index is 0.417. The molecule has 2 unspecified atom stereocenters. The summed E-state index contributed by atoms with van der Waals surface area (Å²) in [5.41, 5.74) is 7.13. The van der Waals surface area contributed by atoms with E-state index in [-0.39, 0.29) is 0 Å². The topological polar surface area (TPSA) is 26.0 Å². The summed E-state index contributed by atoms with van der Waals surface area (Å²) in [5.74, 6) is 0. The van der Waals surface area contributed by atoms with Crippen LogP contribution in [-0.4, -0.2) is 6.04 Å². The molecule has 52 valence electrons. The maximum absolute atomic E-state index is 5.85. The third-order valence-electron chi connectivity index (χ3n) is 3.65. The zero-order chi connectivity index (χ0) is 6.70. The van der Waals surface area contributed by atoms with E-state index in [2.05, 4.69) is 13.8 Å². The van der Waals surface area contributed by atoms with E-state index in [0.29, 0.717) is 11.5 Å². The number of nitrogens with two attached hydrogens (primary N) is 1. The summed E-state index contributed by atoms with van der Waals surface area (Å²) in [6.45, 7) is 4.48. The summed E-state index contributed by atoms with van der Waals surface area (Å²) in [6, 6.07) is 0.417. The molecule has 1 heteroatoms. The molecule has 2 fully saturated rings. The van der Waals surface area contributed by atoms with Crippen molar-refractivity contribution in [2.45, 2.75) is 39.2 Å². The van der Waals surface area contributed by atoms with Crippen molar-refractivity contribution in [3.63, 3.8) is 0 Å². The van der Waals surface area contributed by atoms with Gasteiger partial charge in [-0.25, -0.2) is 0 Å². The van der Waals surface area contributed by atoms with Crippen molar-refractivity contribution in [3.05, 3.63) is 0 Å². The van der Waals surface area contributed by atoms with Crippen molar-refractivity contribution < 1.29 is 0 Å². The van der Waals surface area contributed by atoms with Crippen LogP contribution in [0.15, 0.2) is 0 Å². The smallest absolute Gasteiger partial charge is 0.00699 e. The van der Waals surface area contributed by atoms with E-state index in [1.54, 1.807) is 0 Å².